The summed E-state index contributed by atoms with van der Waals surface area (Å²) in [5.74, 6) is 0. The van der Waals surface area contributed by atoms with Crippen LogP contribution in [0.2, 0.25) is 26.2 Å². The Morgan fingerprint density at radius 3 is 1.22 bits per heavy atom. The molecular weight excluding hydrogens is 629 g/mol. The van der Waals surface area contributed by atoms with Gasteiger partial charge in [0.1, 0.15) is 0 Å². The van der Waals surface area contributed by atoms with Crippen LogP contribution >= 0.6 is 45.3 Å². The molecule has 7 rings (SSSR count). The van der Waals surface area contributed by atoms with Crippen molar-refractivity contribution >= 4 is 99.8 Å². The van der Waals surface area contributed by atoms with Crippen molar-refractivity contribution < 1.29 is 9.59 Å². The van der Waals surface area contributed by atoms with Crippen LogP contribution in [0.4, 0.5) is 0 Å². The van der Waals surface area contributed by atoms with Gasteiger partial charge in [0, 0.05) is 38.3 Å². The molecule has 6 aromatic rings. The number of hydrogen-bond donors (Lipinski definition) is 2. The fraction of sp³-hybridized carbons (Fsp3) is 0.125. The third-order valence-corrected chi connectivity index (χ3v) is 23.9. The van der Waals surface area contributed by atoms with Crippen LogP contribution in [0.25, 0.3) is 29.3 Å². The Bertz CT molecular complexity index is 1730. The molecule has 2 aromatic carbocycles. The van der Waals surface area contributed by atoms with Gasteiger partial charge in [-0.2, -0.15) is 0 Å². The van der Waals surface area contributed by atoms with Crippen molar-refractivity contribution in [1.82, 2.24) is 0 Å². The Balaban J connectivity index is 1.50. The van der Waals surface area contributed by atoms with E-state index in [2.05, 4.69) is 97.1 Å². The summed E-state index contributed by atoms with van der Waals surface area (Å²) in [5, 5.41) is 5.78. The largest absolute Gasteiger partial charge is 0.427 e. The van der Waals surface area contributed by atoms with E-state index in [4.69, 9.17) is 0 Å². The molecule has 9 heteroatoms. The zero-order valence-corrected chi connectivity index (χ0v) is 29.5. The normalized spacial score (nSPS) is 14.3. The topological polar surface area (TPSA) is 40.5 Å². The molecular formula is C32H30O2S4Si3. The van der Waals surface area contributed by atoms with Gasteiger partial charge in [-0.15, -0.1) is 45.3 Å². The molecule has 0 fully saturated rings. The van der Waals surface area contributed by atoms with E-state index in [-0.39, 0.29) is 0 Å². The van der Waals surface area contributed by atoms with Crippen molar-refractivity contribution in [3.63, 3.8) is 0 Å². The fourth-order valence-corrected chi connectivity index (χ4v) is 19.9. The third kappa shape index (κ3) is 4.50. The minimum atomic E-state index is -2.56. The molecule has 0 saturated carbocycles. The van der Waals surface area contributed by atoms with Crippen LogP contribution in [-0.4, -0.2) is 34.3 Å². The molecule has 0 amide bonds. The summed E-state index contributed by atoms with van der Waals surface area (Å²) in [6.07, 6.45) is 0. The van der Waals surface area contributed by atoms with E-state index in [9.17, 15) is 9.59 Å². The second-order valence-corrected chi connectivity index (χ2v) is 27.7. The zero-order valence-electron chi connectivity index (χ0n) is 23.3. The molecule has 0 bridgehead atoms. The summed E-state index contributed by atoms with van der Waals surface area (Å²) < 4.78 is 2.25. The lowest BCUT2D eigenvalue weighted by molar-refractivity contribution is 0.568. The quantitative estimate of drug-likeness (QED) is 0.234. The van der Waals surface area contributed by atoms with Crippen LogP contribution in [0.15, 0.2) is 97.1 Å². The Morgan fingerprint density at radius 1 is 0.488 bits per heavy atom. The number of benzene rings is 2. The molecule has 0 radical (unpaired) electrons. The van der Waals surface area contributed by atoms with Gasteiger partial charge in [0.15, 0.2) is 8.07 Å². The van der Waals surface area contributed by atoms with E-state index < -0.39 is 24.7 Å². The Kier molecular flexibility index (Phi) is 6.70. The molecule has 1 aliphatic heterocycles. The lowest BCUT2D eigenvalue weighted by Crippen LogP contribution is -2.72. The highest BCUT2D eigenvalue weighted by molar-refractivity contribution is 7.38. The van der Waals surface area contributed by atoms with Gasteiger partial charge < -0.3 is 9.59 Å². The second kappa shape index (κ2) is 9.94. The van der Waals surface area contributed by atoms with Crippen molar-refractivity contribution in [3.05, 3.63) is 97.1 Å². The van der Waals surface area contributed by atoms with Gasteiger partial charge in [0.25, 0.3) is 0 Å². The van der Waals surface area contributed by atoms with Gasteiger partial charge in [0.2, 0.25) is 16.6 Å². The van der Waals surface area contributed by atoms with E-state index in [0.717, 1.165) is 9.00 Å². The van der Waals surface area contributed by atoms with Crippen LogP contribution in [0, 0.1) is 0 Å². The standard InChI is InChI=1S/C32H30O2S4Si3/c1-39(2,33)29-17-15-23(35-29)25-19-27-31(37-25)32-28(20-26(38-32)24-16-18-30(36-24)40(3,4)34)41(27,21-11-7-5-8-12-21)22-13-9-6-10-14-22/h5-20,33-34H,1-4H3. The molecule has 2 N–H and O–H groups in total. The predicted octanol–water partition coefficient (Wildman–Crippen LogP) is 5.43. The first-order valence-electron chi connectivity index (χ1n) is 13.6. The second-order valence-electron chi connectivity index (χ2n) is 11.6. The Hall–Kier alpha value is -2.19. The van der Waals surface area contributed by atoms with Crippen molar-refractivity contribution in [3.8, 4) is 29.3 Å². The van der Waals surface area contributed by atoms with Gasteiger partial charge in [-0.3, -0.25) is 0 Å². The summed E-state index contributed by atoms with van der Waals surface area (Å²) in [7, 11) is -7.29. The van der Waals surface area contributed by atoms with Gasteiger partial charge in [0.05, 0.1) is 0 Å². The average molecular weight is 659 g/mol. The lowest BCUT2D eigenvalue weighted by atomic mass is 10.3. The number of fused-ring (bicyclic) bond motifs is 3. The molecule has 2 nitrogen and oxygen atoms in total. The van der Waals surface area contributed by atoms with Crippen molar-refractivity contribution in [1.29, 1.82) is 0 Å². The molecule has 4 aromatic heterocycles. The first-order valence-corrected chi connectivity index (χ1v) is 24.8. The van der Waals surface area contributed by atoms with Gasteiger partial charge in [-0.05, 0) is 83.3 Å². The molecule has 5 heterocycles. The SMILES string of the molecule is C[Si](C)(O)c1ccc(-c2cc3c(s2)-c2sc(-c4ccc([Si](C)(C)O)s4)cc2[Si]3(c2ccccc2)c2ccccc2)s1. The molecule has 0 spiro atoms. The van der Waals surface area contributed by atoms with E-state index in [1.165, 1.54) is 50.0 Å². The number of rotatable bonds is 6. The van der Waals surface area contributed by atoms with Crippen molar-refractivity contribution in [2.75, 3.05) is 0 Å². The average Bonchev–Trinajstić information content (AvgIpc) is 3.75. The highest BCUT2D eigenvalue weighted by Crippen LogP contribution is 2.45. The highest BCUT2D eigenvalue weighted by atomic mass is 32.1. The summed E-state index contributed by atoms with van der Waals surface area (Å²) in [5.41, 5.74) is 0. The van der Waals surface area contributed by atoms with Crippen molar-refractivity contribution in [2.45, 2.75) is 26.2 Å². The monoisotopic (exact) mass is 658 g/mol. The molecule has 0 aliphatic carbocycles. The van der Waals surface area contributed by atoms with E-state index in [1.807, 2.05) is 48.9 Å². The molecule has 206 valence electrons. The lowest BCUT2D eigenvalue weighted by Gasteiger charge is -2.30. The molecule has 41 heavy (non-hydrogen) atoms. The number of thiophene rings is 4. The van der Waals surface area contributed by atoms with E-state index in [1.54, 1.807) is 22.7 Å². The van der Waals surface area contributed by atoms with Crippen LogP contribution in [0.5, 0.6) is 0 Å². The Labute approximate surface area is 260 Å². The minimum Gasteiger partial charge on any atom is -0.427 e. The predicted molar refractivity (Wildman–Crippen MR) is 190 cm³/mol. The zero-order chi connectivity index (χ0) is 28.6. The van der Waals surface area contributed by atoms with Crippen LogP contribution < -0.4 is 29.7 Å². The molecule has 1 aliphatic rings. The summed E-state index contributed by atoms with van der Waals surface area (Å²) in [4.78, 5) is 29.4. The summed E-state index contributed by atoms with van der Waals surface area (Å²) in [6, 6.07) is 35.9. The summed E-state index contributed by atoms with van der Waals surface area (Å²) in [6.45, 7) is 7.98. The van der Waals surface area contributed by atoms with Crippen LogP contribution in [0.3, 0.4) is 0 Å². The van der Waals surface area contributed by atoms with E-state index in [0.29, 0.717) is 0 Å². The molecule has 0 saturated heterocycles. The molecule has 0 atom stereocenters. The maximum Gasteiger partial charge on any atom is 0.224 e. The maximum atomic E-state index is 10.8. The first kappa shape index (κ1) is 27.6. The minimum absolute atomic E-state index is 1.12. The van der Waals surface area contributed by atoms with Gasteiger partial charge in [-0.25, -0.2) is 0 Å². The molecule has 0 unspecified atom stereocenters. The third-order valence-electron chi connectivity index (χ3n) is 7.80. The van der Waals surface area contributed by atoms with Gasteiger partial charge in [-0.1, -0.05) is 60.7 Å². The van der Waals surface area contributed by atoms with Crippen molar-refractivity contribution in [2.24, 2.45) is 0 Å². The maximum absolute atomic E-state index is 10.8. The van der Waals surface area contributed by atoms with Gasteiger partial charge >= 0.3 is 0 Å². The summed E-state index contributed by atoms with van der Waals surface area (Å²) >= 11 is 7.33. The van der Waals surface area contributed by atoms with Crippen LogP contribution in [0.1, 0.15) is 0 Å². The fourth-order valence-electron chi connectivity index (χ4n) is 5.83. The van der Waals surface area contributed by atoms with Crippen LogP contribution in [-0.2, 0) is 0 Å². The highest BCUT2D eigenvalue weighted by Gasteiger charge is 2.51. The van der Waals surface area contributed by atoms with E-state index >= 15 is 0 Å². The number of hydrogen-bond acceptors (Lipinski definition) is 6. The first-order chi connectivity index (χ1) is 19.6. The Morgan fingerprint density at radius 2 is 0.878 bits per heavy atom. The smallest absolute Gasteiger partial charge is 0.224 e.